The summed E-state index contributed by atoms with van der Waals surface area (Å²) in [6.45, 7) is 18.5. The van der Waals surface area contributed by atoms with Gasteiger partial charge in [-0.05, 0) is 71.5 Å². The summed E-state index contributed by atoms with van der Waals surface area (Å²) in [7, 11) is -0.436. The fourth-order valence-electron chi connectivity index (χ4n) is 3.48. The van der Waals surface area contributed by atoms with Gasteiger partial charge in [0.25, 0.3) is 5.91 Å². The number of benzene rings is 1. The second-order valence-corrected chi connectivity index (χ2v) is 10.9. The summed E-state index contributed by atoms with van der Waals surface area (Å²) in [5, 5.41) is 2.82. The van der Waals surface area contributed by atoms with E-state index in [0.717, 1.165) is 16.6 Å². The van der Waals surface area contributed by atoms with Gasteiger partial charge in [0.1, 0.15) is 5.60 Å². The highest BCUT2D eigenvalue weighted by atomic mass is 16.7. The summed E-state index contributed by atoms with van der Waals surface area (Å²) in [5.74, 6) is -0.354. The number of amides is 2. The molecule has 0 radical (unpaired) electrons. The molecular weight excluding hydrogens is 447 g/mol. The molecule has 1 aromatic rings. The summed E-state index contributed by atoms with van der Waals surface area (Å²) >= 11 is 0. The van der Waals surface area contributed by atoms with Gasteiger partial charge in [0, 0.05) is 13.1 Å². The SMILES string of the molecule is C=C(CNC(=O)C1=CN(C(=O)OC(C)(C)C)CCCO1)c1ccc(B2OC(C)(C)C(C)(C)O2)cc1. The number of nitrogens with one attached hydrogen (secondary N) is 1. The van der Waals surface area contributed by atoms with Gasteiger partial charge in [0.2, 0.25) is 5.76 Å². The van der Waals surface area contributed by atoms with E-state index < -0.39 is 35.9 Å². The first-order valence-electron chi connectivity index (χ1n) is 11.9. The number of rotatable bonds is 5. The van der Waals surface area contributed by atoms with Gasteiger partial charge < -0.3 is 24.1 Å². The molecule has 2 aliphatic rings. The van der Waals surface area contributed by atoms with Crippen molar-refractivity contribution in [2.75, 3.05) is 19.7 Å². The summed E-state index contributed by atoms with van der Waals surface area (Å²) in [6.07, 6.45) is 1.48. The van der Waals surface area contributed by atoms with E-state index in [2.05, 4.69) is 11.9 Å². The maximum atomic E-state index is 12.7. The minimum atomic E-state index is -0.629. The van der Waals surface area contributed by atoms with Crippen LogP contribution in [0.4, 0.5) is 4.79 Å². The molecule has 1 N–H and O–H groups in total. The molecule has 0 aliphatic carbocycles. The summed E-state index contributed by atoms with van der Waals surface area (Å²) in [4.78, 5) is 26.5. The van der Waals surface area contributed by atoms with Gasteiger partial charge in [-0.25, -0.2) is 4.79 Å². The average Bonchev–Trinajstić information content (AvgIpc) is 2.92. The van der Waals surface area contributed by atoms with E-state index in [1.807, 2.05) is 52.0 Å². The summed E-state index contributed by atoms with van der Waals surface area (Å²) in [5.41, 5.74) is 1.10. The Balaban J connectivity index is 1.58. The molecule has 1 fully saturated rings. The highest BCUT2D eigenvalue weighted by Crippen LogP contribution is 2.36. The van der Waals surface area contributed by atoms with Crippen LogP contribution in [0.2, 0.25) is 0 Å². The van der Waals surface area contributed by atoms with Crippen molar-refractivity contribution < 1.29 is 28.4 Å². The lowest BCUT2D eigenvalue weighted by Gasteiger charge is -2.32. The third kappa shape index (κ3) is 6.67. The molecule has 0 aromatic heterocycles. The number of hydrogen-bond acceptors (Lipinski definition) is 6. The van der Waals surface area contributed by atoms with E-state index in [9.17, 15) is 9.59 Å². The zero-order valence-corrected chi connectivity index (χ0v) is 21.9. The zero-order chi connectivity index (χ0) is 26.0. The van der Waals surface area contributed by atoms with Crippen LogP contribution in [0.25, 0.3) is 5.57 Å². The van der Waals surface area contributed by atoms with Gasteiger partial charge in [-0.3, -0.25) is 9.69 Å². The smallest absolute Gasteiger partial charge is 0.487 e. The molecule has 2 heterocycles. The van der Waals surface area contributed by atoms with Crippen molar-refractivity contribution in [3.63, 3.8) is 0 Å². The molecule has 35 heavy (non-hydrogen) atoms. The molecule has 9 heteroatoms. The van der Waals surface area contributed by atoms with Gasteiger partial charge >= 0.3 is 13.2 Å². The lowest BCUT2D eigenvalue weighted by Crippen LogP contribution is -2.41. The maximum absolute atomic E-state index is 12.7. The van der Waals surface area contributed by atoms with Gasteiger partial charge in [-0.15, -0.1) is 0 Å². The second-order valence-electron chi connectivity index (χ2n) is 10.9. The quantitative estimate of drug-likeness (QED) is 0.643. The Kier molecular flexibility index (Phi) is 7.72. The van der Waals surface area contributed by atoms with Crippen LogP contribution in [0, 0.1) is 0 Å². The van der Waals surface area contributed by atoms with Crippen molar-refractivity contribution in [3.05, 3.63) is 48.4 Å². The number of nitrogens with zero attached hydrogens (tertiary/aromatic N) is 1. The van der Waals surface area contributed by atoms with Crippen molar-refractivity contribution in [1.29, 1.82) is 0 Å². The van der Waals surface area contributed by atoms with Crippen molar-refractivity contribution in [2.45, 2.75) is 71.7 Å². The molecule has 2 aliphatic heterocycles. The Labute approximate surface area is 208 Å². The average molecular weight is 484 g/mol. The fourth-order valence-corrected chi connectivity index (χ4v) is 3.48. The molecule has 8 nitrogen and oxygen atoms in total. The third-order valence-corrected chi connectivity index (χ3v) is 6.23. The van der Waals surface area contributed by atoms with Gasteiger partial charge in [-0.1, -0.05) is 30.8 Å². The lowest BCUT2D eigenvalue weighted by atomic mass is 9.78. The molecule has 0 bridgehead atoms. The Morgan fingerprint density at radius 3 is 2.29 bits per heavy atom. The Morgan fingerprint density at radius 2 is 1.71 bits per heavy atom. The summed E-state index contributed by atoms with van der Waals surface area (Å²) in [6, 6.07) is 7.75. The van der Waals surface area contributed by atoms with E-state index >= 15 is 0 Å². The first-order chi connectivity index (χ1) is 16.2. The zero-order valence-electron chi connectivity index (χ0n) is 21.9. The minimum Gasteiger partial charge on any atom is -0.487 e. The lowest BCUT2D eigenvalue weighted by molar-refractivity contribution is -0.120. The Hall–Kier alpha value is -2.78. The Morgan fingerprint density at radius 1 is 1.11 bits per heavy atom. The molecule has 0 saturated carbocycles. The topological polar surface area (TPSA) is 86.3 Å². The second kappa shape index (κ2) is 10.1. The van der Waals surface area contributed by atoms with Gasteiger partial charge in [-0.2, -0.15) is 0 Å². The van der Waals surface area contributed by atoms with E-state index in [-0.39, 0.29) is 12.3 Å². The molecule has 0 unspecified atom stereocenters. The highest BCUT2D eigenvalue weighted by molar-refractivity contribution is 6.62. The first kappa shape index (κ1) is 26.8. The van der Waals surface area contributed by atoms with Gasteiger partial charge in [0.05, 0.1) is 24.0 Å². The molecule has 3 rings (SSSR count). The van der Waals surface area contributed by atoms with Crippen molar-refractivity contribution >= 4 is 30.2 Å². The number of carbonyl (C=O) groups is 2. The largest absolute Gasteiger partial charge is 0.494 e. The van der Waals surface area contributed by atoms with Gasteiger partial charge in [0.15, 0.2) is 0 Å². The molecule has 0 atom stereocenters. The van der Waals surface area contributed by atoms with Crippen molar-refractivity contribution in [1.82, 2.24) is 10.2 Å². The van der Waals surface area contributed by atoms with Crippen LogP contribution in [-0.4, -0.2) is 60.5 Å². The van der Waals surface area contributed by atoms with Crippen LogP contribution in [0.15, 0.2) is 42.8 Å². The maximum Gasteiger partial charge on any atom is 0.494 e. The van der Waals surface area contributed by atoms with E-state index in [1.54, 1.807) is 20.8 Å². The number of carbonyl (C=O) groups excluding carboxylic acids is 2. The van der Waals surface area contributed by atoms with E-state index in [0.29, 0.717) is 19.6 Å². The standard InChI is InChI=1S/C26H37BN2O6/c1-18(19-10-12-20(13-11-19)27-34-25(5,6)26(7,8)35-27)16-28-22(30)21-17-29(14-9-15-32-21)23(31)33-24(2,3)4/h10-13,17H,1,9,14-16H2,2-8H3,(H,28,30). The molecule has 0 spiro atoms. The van der Waals surface area contributed by atoms with E-state index in [4.69, 9.17) is 18.8 Å². The molecule has 1 aromatic carbocycles. The van der Waals surface area contributed by atoms with Crippen LogP contribution in [0.5, 0.6) is 0 Å². The monoisotopic (exact) mass is 484 g/mol. The molecular formula is C26H37BN2O6. The van der Waals surface area contributed by atoms with Crippen molar-refractivity contribution in [3.8, 4) is 0 Å². The normalized spacial score (nSPS) is 19.3. The Bertz CT molecular complexity index is 978. The van der Waals surface area contributed by atoms with E-state index in [1.165, 1.54) is 11.1 Å². The molecule has 1 saturated heterocycles. The fraction of sp³-hybridized carbons (Fsp3) is 0.538. The van der Waals surface area contributed by atoms with Crippen LogP contribution >= 0.6 is 0 Å². The number of ether oxygens (including phenoxy) is 2. The predicted molar refractivity (Wildman–Crippen MR) is 136 cm³/mol. The summed E-state index contributed by atoms with van der Waals surface area (Å²) < 4.78 is 23.2. The molecule has 2 amide bonds. The molecule has 190 valence electrons. The van der Waals surface area contributed by atoms with Crippen LogP contribution in [0.3, 0.4) is 0 Å². The van der Waals surface area contributed by atoms with Crippen molar-refractivity contribution in [2.24, 2.45) is 0 Å². The number of hydrogen-bond donors (Lipinski definition) is 1. The first-order valence-corrected chi connectivity index (χ1v) is 11.9. The van der Waals surface area contributed by atoms with Crippen LogP contribution in [-0.2, 0) is 23.6 Å². The third-order valence-electron chi connectivity index (χ3n) is 6.23. The minimum absolute atomic E-state index is 0.0669. The van der Waals surface area contributed by atoms with Crippen LogP contribution in [0.1, 0.15) is 60.5 Å². The van der Waals surface area contributed by atoms with Crippen LogP contribution < -0.4 is 10.8 Å². The predicted octanol–water partition coefficient (Wildman–Crippen LogP) is 3.61. The highest BCUT2D eigenvalue weighted by Gasteiger charge is 2.51.